The Bertz CT molecular complexity index is 942. The van der Waals surface area contributed by atoms with E-state index in [2.05, 4.69) is 11.1 Å². The van der Waals surface area contributed by atoms with Crippen LogP contribution in [0.4, 0.5) is 5.69 Å². The zero-order valence-corrected chi connectivity index (χ0v) is 17.9. The van der Waals surface area contributed by atoms with E-state index in [0.717, 1.165) is 11.1 Å². The first-order chi connectivity index (χ1) is 14.1. The van der Waals surface area contributed by atoms with Gasteiger partial charge < -0.3 is 37.7 Å². The zero-order chi connectivity index (χ0) is 20.8. The molecule has 0 unspecified atom stereocenters. The second-order valence-electron chi connectivity index (χ2n) is 6.40. The number of ether oxygens (including phenoxy) is 3. The molecule has 0 radical (unpaired) electrons. The SMILES string of the molecule is COc1cc(C(=O)NC(c2ccccc2)c2ccccc2)c([NH3+])c(OC)c1OC.[Cl-]. The maximum atomic E-state index is 13.3. The standard InChI is InChI=1S/C23H24N2O4.ClH/c1-27-18-14-17(19(24)22(29-3)21(18)28-2)23(26)25-20(15-10-6-4-7-11-15)16-12-8-5-9-13-16;/h4-14,20H,24H2,1-3H3,(H,25,26);1H. The molecule has 0 atom stereocenters. The van der Waals surface area contributed by atoms with Gasteiger partial charge in [0.2, 0.25) is 11.5 Å². The Labute approximate surface area is 182 Å². The van der Waals surface area contributed by atoms with Crippen LogP contribution in [0.3, 0.4) is 0 Å². The number of halogens is 1. The van der Waals surface area contributed by atoms with Crippen LogP contribution in [0, 0.1) is 0 Å². The summed E-state index contributed by atoms with van der Waals surface area (Å²) >= 11 is 0. The van der Waals surface area contributed by atoms with Crippen LogP contribution in [0.15, 0.2) is 66.7 Å². The summed E-state index contributed by atoms with van der Waals surface area (Å²) in [6.45, 7) is 0. The molecule has 4 N–H and O–H groups in total. The minimum absolute atomic E-state index is 0. The molecule has 0 aliphatic carbocycles. The molecule has 1 amide bonds. The van der Waals surface area contributed by atoms with Crippen molar-refractivity contribution in [2.45, 2.75) is 6.04 Å². The molecule has 158 valence electrons. The fourth-order valence-corrected chi connectivity index (χ4v) is 3.28. The molecule has 3 aromatic rings. The monoisotopic (exact) mass is 428 g/mol. The summed E-state index contributed by atoms with van der Waals surface area (Å²) in [5.74, 6) is 0.886. The zero-order valence-electron chi connectivity index (χ0n) is 17.1. The third-order valence-electron chi connectivity index (χ3n) is 4.72. The van der Waals surface area contributed by atoms with Crippen LogP contribution >= 0.6 is 0 Å². The first-order valence-corrected chi connectivity index (χ1v) is 9.16. The molecule has 7 heteroatoms. The number of benzene rings is 3. The van der Waals surface area contributed by atoms with Gasteiger partial charge in [0.15, 0.2) is 11.4 Å². The number of hydrogen-bond acceptors (Lipinski definition) is 4. The molecule has 0 fully saturated rings. The maximum Gasteiger partial charge on any atom is 0.258 e. The van der Waals surface area contributed by atoms with Crippen LogP contribution in [0.25, 0.3) is 0 Å². The van der Waals surface area contributed by atoms with Crippen molar-refractivity contribution < 1.29 is 37.1 Å². The predicted molar refractivity (Wildman–Crippen MR) is 111 cm³/mol. The summed E-state index contributed by atoms with van der Waals surface area (Å²) in [6, 6.07) is 20.9. The summed E-state index contributed by atoms with van der Waals surface area (Å²) in [6.07, 6.45) is 0. The molecular formula is C23H25ClN2O4. The molecule has 0 saturated carbocycles. The van der Waals surface area contributed by atoms with Crippen molar-refractivity contribution in [1.29, 1.82) is 0 Å². The molecule has 30 heavy (non-hydrogen) atoms. The second-order valence-corrected chi connectivity index (χ2v) is 6.40. The summed E-state index contributed by atoms with van der Waals surface area (Å²) in [5, 5.41) is 3.12. The lowest BCUT2D eigenvalue weighted by molar-refractivity contribution is -0.256. The first kappa shape index (κ1) is 23.1. The van der Waals surface area contributed by atoms with Gasteiger partial charge in [-0.15, -0.1) is 0 Å². The molecule has 0 heterocycles. The Morgan fingerprint density at radius 1 is 0.833 bits per heavy atom. The highest BCUT2D eigenvalue weighted by Crippen LogP contribution is 2.43. The van der Waals surface area contributed by atoms with Crippen LogP contribution in [0.5, 0.6) is 17.2 Å². The smallest absolute Gasteiger partial charge is 0.258 e. The van der Waals surface area contributed by atoms with Crippen LogP contribution in [-0.2, 0) is 0 Å². The van der Waals surface area contributed by atoms with Crippen molar-refractivity contribution >= 4 is 11.6 Å². The molecule has 6 nitrogen and oxygen atoms in total. The Morgan fingerprint density at radius 3 is 1.77 bits per heavy atom. The van der Waals surface area contributed by atoms with Gasteiger partial charge in [0, 0.05) is 6.07 Å². The van der Waals surface area contributed by atoms with E-state index in [1.807, 2.05) is 60.7 Å². The van der Waals surface area contributed by atoms with E-state index >= 15 is 0 Å². The van der Waals surface area contributed by atoms with E-state index < -0.39 is 0 Å². The van der Waals surface area contributed by atoms with Crippen molar-refractivity contribution in [3.05, 3.63) is 83.4 Å². The average molecular weight is 429 g/mol. The Balaban J connectivity index is 0.00000320. The van der Waals surface area contributed by atoms with Gasteiger partial charge in [-0.2, -0.15) is 0 Å². The quantitative estimate of drug-likeness (QED) is 0.559. The van der Waals surface area contributed by atoms with E-state index in [9.17, 15) is 4.79 Å². The molecule has 3 aromatic carbocycles. The lowest BCUT2D eigenvalue weighted by Gasteiger charge is -2.21. The highest BCUT2D eigenvalue weighted by molar-refractivity contribution is 6.00. The maximum absolute atomic E-state index is 13.3. The summed E-state index contributed by atoms with van der Waals surface area (Å²) in [7, 11) is 4.53. The normalized spacial score (nSPS) is 10.2. The van der Waals surface area contributed by atoms with E-state index in [-0.39, 0.29) is 24.4 Å². The Morgan fingerprint density at radius 2 is 1.33 bits per heavy atom. The van der Waals surface area contributed by atoms with Gasteiger partial charge in [0.25, 0.3) is 5.91 Å². The topological polar surface area (TPSA) is 84.4 Å². The summed E-state index contributed by atoms with van der Waals surface area (Å²) in [5.41, 5.74) is 6.77. The van der Waals surface area contributed by atoms with Gasteiger partial charge in [-0.05, 0) is 11.1 Å². The number of rotatable bonds is 7. The van der Waals surface area contributed by atoms with Gasteiger partial charge in [-0.25, -0.2) is 0 Å². The highest BCUT2D eigenvalue weighted by Gasteiger charge is 2.27. The van der Waals surface area contributed by atoms with E-state index in [1.165, 1.54) is 21.3 Å². The number of quaternary nitrogens is 1. The summed E-state index contributed by atoms with van der Waals surface area (Å²) < 4.78 is 16.2. The number of nitrogens with one attached hydrogen (secondary N) is 1. The van der Waals surface area contributed by atoms with Crippen LogP contribution in [0.1, 0.15) is 27.5 Å². The van der Waals surface area contributed by atoms with Crippen molar-refractivity contribution in [3.63, 3.8) is 0 Å². The second kappa shape index (κ2) is 10.5. The van der Waals surface area contributed by atoms with E-state index in [0.29, 0.717) is 28.5 Å². The molecule has 0 bridgehead atoms. The van der Waals surface area contributed by atoms with Gasteiger partial charge in [-0.3, -0.25) is 4.79 Å². The largest absolute Gasteiger partial charge is 1.00 e. The van der Waals surface area contributed by atoms with Gasteiger partial charge in [0.1, 0.15) is 5.56 Å². The fourth-order valence-electron chi connectivity index (χ4n) is 3.28. The minimum Gasteiger partial charge on any atom is -1.00 e. The number of carbonyl (C=O) groups excluding carboxylic acids is 1. The van der Waals surface area contributed by atoms with Gasteiger partial charge >= 0.3 is 0 Å². The minimum atomic E-state index is -0.316. The third-order valence-corrected chi connectivity index (χ3v) is 4.72. The average Bonchev–Trinajstić information content (AvgIpc) is 2.77. The number of amides is 1. The van der Waals surface area contributed by atoms with Crippen molar-refractivity contribution in [2.75, 3.05) is 21.3 Å². The first-order valence-electron chi connectivity index (χ1n) is 9.16. The molecule has 0 spiro atoms. The molecule has 0 aliphatic rings. The molecule has 0 aliphatic heterocycles. The van der Waals surface area contributed by atoms with Gasteiger partial charge in [0.05, 0.1) is 27.4 Å². The van der Waals surface area contributed by atoms with E-state index in [4.69, 9.17) is 14.2 Å². The van der Waals surface area contributed by atoms with Crippen molar-refractivity contribution in [1.82, 2.24) is 5.32 Å². The van der Waals surface area contributed by atoms with Crippen LogP contribution in [-0.4, -0.2) is 27.2 Å². The molecule has 3 rings (SSSR count). The van der Waals surface area contributed by atoms with E-state index in [1.54, 1.807) is 6.07 Å². The Kier molecular flexibility index (Phi) is 8.09. The summed E-state index contributed by atoms with van der Waals surface area (Å²) in [4.78, 5) is 13.3. The predicted octanol–water partition coefficient (Wildman–Crippen LogP) is 0.109. The van der Waals surface area contributed by atoms with Crippen molar-refractivity contribution in [3.8, 4) is 17.2 Å². The fraction of sp³-hybridized carbons (Fsp3) is 0.174. The number of hydrogen-bond donors (Lipinski definition) is 2. The number of methoxy groups -OCH3 is 3. The molecular weight excluding hydrogens is 404 g/mol. The number of carbonyl (C=O) groups is 1. The lowest BCUT2D eigenvalue weighted by atomic mass is 9.98. The molecule has 0 aromatic heterocycles. The highest BCUT2D eigenvalue weighted by atomic mass is 35.5. The van der Waals surface area contributed by atoms with Crippen molar-refractivity contribution in [2.24, 2.45) is 0 Å². The lowest BCUT2D eigenvalue weighted by Crippen LogP contribution is -3.00. The third kappa shape index (κ3) is 4.67. The Hall–Kier alpha value is -3.22. The molecule has 0 saturated heterocycles. The van der Waals surface area contributed by atoms with Crippen LogP contribution in [0.2, 0.25) is 0 Å². The van der Waals surface area contributed by atoms with Gasteiger partial charge in [-0.1, -0.05) is 60.7 Å². The van der Waals surface area contributed by atoms with Crippen LogP contribution < -0.4 is 37.7 Å².